The Hall–Kier alpha value is 0.410. The summed E-state index contributed by atoms with van der Waals surface area (Å²) in [5, 5.41) is 0. The first-order valence-electron chi connectivity index (χ1n) is 7.26. The predicted molar refractivity (Wildman–Crippen MR) is 95.3 cm³/mol. The molecule has 3 rings (SSSR count). The van der Waals surface area contributed by atoms with Crippen LogP contribution in [0.1, 0.15) is 30.9 Å². The fraction of sp³-hybridized carbons (Fsp3) is 0.600. The minimum Gasteiger partial charge on any atom is -0.374 e. The lowest BCUT2D eigenvalue weighted by Crippen LogP contribution is -2.45. The van der Waals surface area contributed by atoms with Crippen molar-refractivity contribution in [1.82, 2.24) is 5.43 Å². The van der Waals surface area contributed by atoms with Crippen molar-refractivity contribution in [2.24, 2.45) is 11.8 Å². The number of hydrazine groups is 1. The van der Waals surface area contributed by atoms with Gasteiger partial charge in [0.05, 0.1) is 11.6 Å². The summed E-state index contributed by atoms with van der Waals surface area (Å²) in [6, 6.07) is 6.47. The first kappa shape index (κ1) is 16.3. The molecule has 0 bridgehead atoms. The van der Waals surface area contributed by atoms with E-state index in [9.17, 15) is 0 Å². The van der Waals surface area contributed by atoms with Gasteiger partial charge < -0.3 is 4.74 Å². The molecule has 2 aliphatic heterocycles. The number of halogens is 2. The summed E-state index contributed by atoms with van der Waals surface area (Å²) in [5.41, 5.74) is 4.36. The van der Waals surface area contributed by atoms with Crippen LogP contribution in [-0.4, -0.2) is 23.7 Å². The van der Waals surface area contributed by atoms with Gasteiger partial charge in [-0.1, -0.05) is 37.9 Å². The van der Waals surface area contributed by atoms with Crippen molar-refractivity contribution in [3.8, 4) is 0 Å². The molecule has 1 aromatic carbocycles. The van der Waals surface area contributed by atoms with Gasteiger partial charge in [-0.05, 0) is 48.6 Å². The van der Waals surface area contributed by atoms with Crippen LogP contribution in [0.15, 0.2) is 27.1 Å². The summed E-state index contributed by atoms with van der Waals surface area (Å²) in [7, 11) is 0. The Morgan fingerprint density at radius 3 is 2.95 bits per heavy atom. The van der Waals surface area contributed by atoms with Crippen LogP contribution in [0.4, 0.5) is 0 Å². The van der Waals surface area contributed by atoms with Crippen molar-refractivity contribution in [2.75, 3.05) is 18.1 Å². The number of nitrogens with two attached hydrogens (primary N) is 1. The Kier molecular flexibility index (Phi) is 5.34. The van der Waals surface area contributed by atoms with E-state index in [2.05, 4.69) is 55.5 Å². The molecule has 116 valence electrons. The topological polar surface area (TPSA) is 47.3 Å². The third-order valence-corrected chi connectivity index (χ3v) is 6.95. The highest BCUT2D eigenvalue weighted by molar-refractivity contribution is 9.11. The van der Waals surface area contributed by atoms with Gasteiger partial charge >= 0.3 is 0 Å². The zero-order valence-electron chi connectivity index (χ0n) is 11.8. The summed E-state index contributed by atoms with van der Waals surface area (Å²) >= 11 is 9.19. The molecule has 0 aromatic heterocycles. The highest BCUT2D eigenvalue weighted by Crippen LogP contribution is 2.44. The van der Waals surface area contributed by atoms with Gasteiger partial charge in [0.25, 0.3) is 0 Å². The summed E-state index contributed by atoms with van der Waals surface area (Å²) in [5.74, 6) is 8.76. The zero-order chi connectivity index (χ0) is 14.9. The summed E-state index contributed by atoms with van der Waals surface area (Å²) < 4.78 is 8.30. The van der Waals surface area contributed by atoms with Crippen LogP contribution in [0.5, 0.6) is 0 Å². The quantitative estimate of drug-likeness (QED) is 0.556. The van der Waals surface area contributed by atoms with E-state index in [1.54, 1.807) is 0 Å². The average Bonchev–Trinajstić information content (AvgIpc) is 2.90. The Labute approximate surface area is 147 Å². The SMILES string of the molecule is NNC(c1ccc(Br)cc1Br)C1CCOC2(CCSC2)C1. The molecule has 1 aromatic rings. The van der Waals surface area contributed by atoms with Gasteiger partial charge in [0.1, 0.15) is 0 Å². The number of benzene rings is 1. The molecule has 21 heavy (non-hydrogen) atoms. The minimum absolute atomic E-state index is 0.0878. The second-order valence-corrected chi connectivity index (χ2v) is 8.77. The maximum absolute atomic E-state index is 6.13. The van der Waals surface area contributed by atoms with E-state index in [1.165, 1.54) is 17.7 Å². The van der Waals surface area contributed by atoms with Gasteiger partial charge in [0.15, 0.2) is 0 Å². The second-order valence-electron chi connectivity index (χ2n) is 5.90. The van der Waals surface area contributed by atoms with Crippen molar-refractivity contribution in [3.05, 3.63) is 32.7 Å². The van der Waals surface area contributed by atoms with Gasteiger partial charge in [0.2, 0.25) is 0 Å². The Morgan fingerprint density at radius 2 is 2.29 bits per heavy atom. The van der Waals surface area contributed by atoms with Crippen LogP contribution >= 0.6 is 43.6 Å². The highest BCUT2D eigenvalue weighted by atomic mass is 79.9. The molecule has 2 aliphatic rings. The Bertz CT molecular complexity index is 508. The molecule has 3 nitrogen and oxygen atoms in total. The fourth-order valence-corrected chi connectivity index (χ4v) is 6.12. The van der Waals surface area contributed by atoms with Crippen molar-refractivity contribution >= 4 is 43.6 Å². The molecule has 6 heteroatoms. The molecule has 0 amide bonds. The van der Waals surface area contributed by atoms with Crippen molar-refractivity contribution < 1.29 is 4.74 Å². The zero-order valence-corrected chi connectivity index (χ0v) is 15.8. The van der Waals surface area contributed by atoms with E-state index >= 15 is 0 Å². The lowest BCUT2D eigenvalue weighted by molar-refractivity contribution is -0.0854. The highest BCUT2D eigenvalue weighted by Gasteiger charge is 2.42. The number of rotatable bonds is 3. The largest absolute Gasteiger partial charge is 0.374 e. The molecule has 3 unspecified atom stereocenters. The van der Waals surface area contributed by atoms with Crippen LogP contribution < -0.4 is 11.3 Å². The molecule has 0 radical (unpaired) electrons. The molecule has 1 spiro atoms. The molecular formula is C15H20Br2N2OS. The van der Waals surface area contributed by atoms with Gasteiger partial charge in [0, 0.05) is 21.3 Å². The van der Waals surface area contributed by atoms with E-state index in [0.29, 0.717) is 5.92 Å². The van der Waals surface area contributed by atoms with E-state index in [1.807, 2.05) is 11.8 Å². The summed E-state index contributed by atoms with van der Waals surface area (Å²) in [6.45, 7) is 0.845. The van der Waals surface area contributed by atoms with E-state index in [0.717, 1.165) is 34.1 Å². The van der Waals surface area contributed by atoms with Crippen molar-refractivity contribution in [3.63, 3.8) is 0 Å². The van der Waals surface area contributed by atoms with Gasteiger partial charge in [-0.2, -0.15) is 11.8 Å². The van der Waals surface area contributed by atoms with Crippen molar-refractivity contribution in [1.29, 1.82) is 0 Å². The maximum atomic E-state index is 6.13. The lowest BCUT2D eigenvalue weighted by Gasteiger charge is -2.41. The number of hydrogen-bond donors (Lipinski definition) is 2. The van der Waals surface area contributed by atoms with E-state index in [-0.39, 0.29) is 11.6 Å². The Balaban J connectivity index is 1.82. The third-order valence-electron chi connectivity index (χ3n) is 4.55. The second kappa shape index (κ2) is 6.89. The number of hydrogen-bond acceptors (Lipinski definition) is 4. The number of thioether (sulfide) groups is 1. The van der Waals surface area contributed by atoms with Gasteiger partial charge in [-0.3, -0.25) is 11.3 Å². The van der Waals surface area contributed by atoms with Gasteiger partial charge in [-0.15, -0.1) is 0 Å². The van der Waals surface area contributed by atoms with Crippen LogP contribution in [0, 0.1) is 5.92 Å². The first-order valence-corrected chi connectivity index (χ1v) is 10.0. The third kappa shape index (κ3) is 3.51. The minimum atomic E-state index is 0.0878. The molecule has 0 saturated carbocycles. The molecule has 3 atom stereocenters. The predicted octanol–water partition coefficient (Wildman–Crippen LogP) is 4.02. The Morgan fingerprint density at radius 1 is 1.43 bits per heavy atom. The number of ether oxygens (including phenoxy) is 1. The molecule has 0 aliphatic carbocycles. The first-order chi connectivity index (χ1) is 10.1. The van der Waals surface area contributed by atoms with E-state index < -0.39 is 0 Å². The molecule has 2 fully saturated rings. The average molecular weight is 436 g/mol. The molecule has 3 N–H and O–H groups in total. The van der Waals surface area contributed by atoms with Gasteiger partial charge in [-0.25, -0.2) is 0 Å². The van der Waals surface area contributed by atoms with Crippen LogP contribution in [-0.2, 0) is 4.74 Å². The lowest BCUT2D eigenvalue weighted by atomic mass is 9.79. The van der Waals surface area contributed by atoms with Crippen LogP contribution in [0.2, 0.25) is 0 Å². The maximum Gasteiger partial charge on any atom is 0.0783 e. The standard InChI is InChI=1S/C15H20Br2N2OS/c16-11-1-2-12(13(17)7-11)14(19-18)10-3-5-20-15(8-10)4-6-21-9-15/h1-2,7,10,14,19H,3-6,8-9,18H2. The van der Waals surface area contributed by atoms with Crippen LogP contribution in [0.3, 0.4) is 0 Å². The summed E-state index contributed by atoms with van der Waals surface area (Å²) in [6.07, 6.45) is 3.33. The van der Waals surface area contributed by atoms with E-state index in [4.69, 9.17) is 10.6 Å². The van der Waals surface area contributed by atoms with Crippen molar-refractivity contribution in [2.45, 2.75) is 30.9 Å². The monoisotopic (exact) mass is 434 g/mol. The molecule has 2 saturated heterocycles. The van der Waals surface area contributed by atoms with Crippen LogP contribution in [0.25, 0.3) is 0 Å². The molecule has 2 heterocycles. The smallest absolute Gasteiger partial charge is 0.0783 e. The molecular weight excluding hydrogens is 416 g/mol. The normalized spacial score (nSPS) is 30.7. The summed E-state index contributed by atoms with van der Waals surface area (Å²) in [4.78, 5) is 0. The fourth-order valence-electron chi connectivity index (χ4n) is 3.45. The number of nitrogens with one attached hydrogen (secondary N) is 1.